The molecular weight excluding hydrogens is 260 g/mol. The van der Waals surface area contributed by atoms with Crippen molar-refractivity contribution in [1.29, 1.82) is 5.26 Å². The summed E-state index contributed by atoms with van der Waals surface area (Å²) in [4.78, 5) is 19.6. The molecule has 20 heavy (non-hydrogen) atoms. The van der Waals surface area contributed by atoms with Crippen molar-refractivity contribution in [2.75, 3.05) is 18.5 Å². The Kier molecular flexibility index (Phi) is 5.97. The number of rotatable bonds is 6. The smallest absolute Gasteiger partial charge is 0.350 e. The standard InChI is InChI=1S/C13H16N4O3/c1-4-19-12-6-11(16-9(3)17-12)15-8-10(7-14)13(18)20-5-2/h6,8H,4-5H2,1-3H3,(H,15,16,17)/b10-8-. The number of nitriles is 1. The van der Waals surface area contributed by atoms with Gasteiger partial charge in [0.25, 0.3) is 0 Å². The van der Waals surface area contributed by atoms with Crippen LogP contribution in [-0.4, -0.2) is 29.2 Å². The molecule has 7 heteroatoms. The third-order valence-electron chi connectivity index (χ3n) is 2.09. The van der Waals surface area contributed by atoms with Gasteiger partial charge in [-0.2, -0.15) is 10.2 Å². The number of carbonyl (C=O) groups is 1. The maximum atomic E-state index is 11.4. The molecule has 0 aliphatic carbocycles. The van der Waals surface area contributed by atoms with Crippen molar-refractivity contribution in [1.82, 2.24) is 9.97 Å². The molecule has 0 unspecified atom stereocenters. The fraction of sp³-hybridized carbons (Fsp3) is 0.385. The fourth-order valence-electron chi connectivity index (χ4n) is 1.33. The van der Waals surface area contributed by atoms with Crippen LogP contribution in [0.4, 0.5) is 5.82 Å². The second-order valence-electron chi connectivity index (χ2n) is 3.61. The molecule has 0 bridgehead atoms. The van der Waals surface area contributed by atoms with E-state index in [0.717, 1.165) is 0 Å². The molecule has 1 aromatic rings. The average Bonchev–Trinajstić information content (AvgIpc) is 2.39. The van der Waals surface area contributed by atoms with Gasteiger partial charge in [-0.25, -0.2) is 9.78 Å². The van der Waals surface area contributed by atoms with Crippen LogP contribution in [0.3, 0.4) is 0 Å². The Balaban J connectivity index is 2.87. The maximum Gasteiger partial charge on any atom is 0.350 e. The minimum atomic E-state index is -0.682. The molecule has 106 valence electrons. The Bertz CT molecular complexity index is 549. The number of ether oxygens (including phenoxy) is 2. The lowest BCUT2D eigenvalue weighted by Crippen LogP contribution is -2.08. The quantitative estimate of drug-likeness (QED) is 0.478. The predicted molar refractivity (Wildman–Crippen MR) is 71.9 cm³/mol. The summed E-state index contributed by atoms with van der Waals surface area (Å²) in [5.41, 5.74) is -0.138. The second-order valence-corrected chi connectivity index (χ2v) is 3.61. The molecule has 0 aliphatic heterocycles. The lowest BCUT2D eigenvalue weighted by atomic mass is 10.3. The van der Waals surface area contributed by atoms with Crippen LogP contribution in [0.15, 0.2) is 17.8 Å². The first-order valence-electron chi connectivity index (χ1n) is 6.13. The summed E-state index contributed by atoms with van der Waals surface area (Å²) < 4.78 is 10.0. The van der Waals surface area contributed by atoms with E-state index in [2.05, 4.69) is 15.3 Å². The van der Waals surface area contributed by atoms with Crippen LogP contribution in [0.1, 0.15) is 19.7 Å². The van der Waals surface area contributed by atoms with Crippen molar-refractivity contribution in [3.05, 3.63) is 23.7 Å². The Morgan fingerprint density at radius 3 is 2.80 bits per heavy atom. The summed E-state index contributed by atoms with van der Waals surface area (Å²) in [5, 5.41) is 11.6. The zero-order chi connectivity index (χ0) is 15.0. The van der Waals surface area contributed by atoms with Crippen molar-refractivity contribution in [2.24, 2.45) is 0 Å². The molecule has 0 aromatic carbocycles. The van der Waals surface area contributed by atoms with Gasteiger partial charge in [-0.3, -0.25) is 0 Å². The molecule has 0 spiro atoms. The van der Waals surface area contributed by atoms with Gasteiger partial charge in [0.2, 0.25) is 5.88 Å². The normalized spacial score (nSPS) is 10.6. The molecule has 0 aliphatic rings. The van der Waals surface area contributed by atoms with Crippen molar-refractivity contribution in [3.63, 3.8) is 0 Å². The summed E-state index contributed by atoms with van der Waals surface area (Å²) in [7, 11) is 0. The van der Waals surface area contributed by atoms with E-state index in [0.29, 0.717) is 24.1 Å². The Morgan fingerprint density at radius 1 is 1.45 bits per heavy atom. The topological polar surface area (TPSA) is 97.1 Å². The number of aryl methyl sites for hydroxylation is 1. The maximum absolute atomic E-state index is 11.4. The van der Waals surface area contributed by atoms with Crippen LogP contribution in [0.5, 0.6) is 5.88 Å². The first-order chi connectivity index (χ1) is 9.60. The molecule has 0 atom stereocenters. The third-order valence-corrected chi connectivity index (χ3v) is 2.09. The van der Waals surface area contributed by atoms with Gasteiger partial charge in [-0.15, -0.1) is 0 Å². The minimum absolute atomic E-state index is 0.138. The molecule has 1 N–H and O–H groups in total. The summed E-state index contributed by atoms with van der Waals surface area (Å²) in [6.07, 6.45) is 1.25. The number of esters is 1. The SMILES string of the molecule is CCOC(=O)/C(C#N)=C\Nc1cc(OCC)nc(C)n1. The first-order valence-corrected chi connectivity index (χ1v) is 6.13. The van der Waals surface area contributed by atoms with Crippen molar-refractivity contribution < 1.29 is 14.3 Å². The van der Waals surface area contributed by atoms with E-state index in [1.165, 1.54) is 6.20 Å². The van der Waals surface area contributed by atoms with Crippen LogP contribution < -0.4 is 10.1 Å². The average molecular weight is 276 g/mol. The summed E-state index contributed by atoms with van der Waals surface area (Å²) in [5.74, 6) is 0.684. The van der Waals surface area contributed by atoms with E-state index >= 15 is 0 Å². The largest absolute Gasteiger partial charge is 0.478 e. The molecule has 0 radical (unpaired) electrons. The molecular formula is C13H16N4O3. The molecule has 1 aromatic heterocycles. The molecule has 0 saturated carbocycles. The minimum Gasteiger partial charge on any atom is -0.478 e. The lowest BCUT2D eigenvalue weighted by Gasteiger charge is -2.06. The highest BCUT2D eigenvalue weighted by molar-refractivity contribution is 5.93. The fourth-order valence-corrected chi connectivity index (χ4v) is 1.33. The summed E-state index contributed by atoms with van der Waals surface area (Å²) in [6, 6.07) is 3.34. The molecule has 0 amide bonds. The van der Waals surface area contributed by atoms with Gasteiger partial charge in [0.15, 0.2) is 5.57 Å². The monoisotopic (exact) mass is 276 g/mol. The Labute approximate surface area is 117 Å². The number of aromatic nitrogens is 2. The predicted octanol–water partition coefficient (Wildman–Crippen LogP) is 1.57. The van der Waals surface area contributed by atoms with Gasteiger partial charge in [-0.1, -0.05) is 0 Å². The zero-order valence-electron chi connectivity index (χ0n) is 11.6. The van der Waals surface area contributed by atoms with Crippen molar-refractivity contribution >= 4 is 11.8 Å². The highest BCUT2D eigenvalue weighted by Gasteiger charge is 2.09. The Hall–Kier alpha value is -2.62. The zero-order valence-corrected chi connectivity index (χ0v) is 11.6. The molecule has 7 nitrogen and oxygen atoms in total. The van der Waals surface area contributed by atoms with Gasteiger partial charge in [0, 0.05) is 12.3 Å². The lowest BCUT2D eigenvalue weighted by molar-refractivity contribution is -0.138. The van der Waals surface area contributed by atoms with Crippen LogP contribution in [0.25, 0.3) is 0 Å². The molecule has 0 fully saturated rings. The van der Waals surface area contributed by atoms with Gasteiger partial charge in [0.05, 0.1) is 13.2 Å². The van der Waals surface area contributed by atoms with Crippen LogP contribution in [0, 0.1) is 18.3 Å². The van der Waals surface area contributed by atoms with Gasteiger partial charge in [0.1, 0.15) is 17.7 Å². The molecule has 0 saturated heterocycles. The van der Waals surface area contributed by atoms with E-state index in [1.807, 2.05) is 6.92 Å². The number of nitrogens with one attached hydrogen (secondary N) is 1. The third kappa shape index (κ3) is 4.57. The van der Waals surface area contributed by atoms with Crippen molar-refractivity contribution in [3.8, 4) is 11.9 Å². The van der Waals surface area contributed by atoms with E-state index in [4.69, 9.17) is 14.7 Å². The van der Waals surface area contributed by atoms with E-state index in [-0.39, 0.29) is 12.2 Å². The highest BCUT2D eigenvalue weighted by Crippen LogP contribution is 2.13. The highest BCUT2D eigenvalue weighted by atomic mass is 16.5. The number of hydrogen-bond donors (Lipinski definition) is 1. The Morgan fingerprint density at radius 2 is 2.20 bits per heavy atom. The van der Waals surface area contributed by atoms with Gasteiger partial charge in [-0.05, 0) is 20.8 Å². The van der Waals surface area contributed by atoms with Gasteiger partial charge >= 0.3 is 5.97 Å². The summed E-state index contributed by atoms with van der Waals surface area (Å²) >= 11 is 0. The number of nitrogens with zero attached hydrogens (tertiary/aromatic N) is 3. The summed E-state index contributed by atoms with van der Waals surface area (Å²) in [6.45, 7) is 5.92. The van der Waals surface area contributed by atoms with Crippen molar-refractivity contribution in [2.45, 2.75) is 20.8 Å². The number of carbonyl (C=O) groups excluding carboxylic acids is 1. The van der Waals surface area contributed by atoms with E-state index < -0.39 is 5.97 Å². The van der Waals surface area contributed by atoms with Crippen LogP contribution >= 0.6 is 0 Å². The van der Waals surface area contributed by atoms with Crippen LogP contribution in [-0.2, 0) is 9.53 Å². The second kappa shape index (κ2) is 7.74. The molecule has 1 rings (SSSR count). The first kappa shape index (κ1) is 15.4. The van der Waals surface area contributed by atoms with E-state index in [1.54, 1.807) is 26.0 Å². The molecule has 1 heterocycles. The number of anilines is 1. The van der Waals surface area contributed by atoms with E-state index in [9.17, 15) is 4.79 Å². The van der Waals surface area contributed by atoms with Gasteiger partial charge < -0.3 is 14.8 Å². The van der Waals surface area contributed by atoms with Crippen LogP contribution in [0.2, 0.25) is 0 Å². The number of hydrogen-bond acceptors (Lipinski definition) is 7.